The van der Waals surface area contributed by atoms with Crippen molar-refractivity contribution >= 4 is 56.7 Å². The Bertz CT molecular complexity index is 1520. The zero-order valence-electron chi connectivity index (χ0n) is 17.0. The normalized spacial score (nSPS) is 11.3. The molecular weight excluding hydrogens is 482 g/mol. The molecule has 0 radical (unpaired) electrons. The first-order valence-corrected chi connectivity index (χ1v) is 10.8. The van der Waals surface area contributed by atoms with Crippen molar-refractivity contribution in [2.24, 2.45) is 14.1 Å². The van der Waals surface area contributed by atoms with E-state index in [9.17, 15) is 18.8 Å². The lowest BCUT2D eigenvalue weighted by Crippen LogP contribution is -2.36. The van der Waals surface area contributed by atoms with E-state index in [0.717, 1.165) is 15.9 Å². The summed E-state index contributed by atoms with van der Waals surface area (Å²) in [6.07, 6.45) is -0.169. The van der Waals surface area contributed by atoms with E-state index in [1.807, 2.05) is 0 Å². The minimum Gasteiger partial charge on any atom is -0.444 e. The van der Waals surface area contributed by atoms with Crippen molar-refractivity contribution in [1.29, 1.82) is 0 Å². The van der Waals surface area contributed by atoms with Crippen molar-refractivity contribution in [2.75, 3.05) is 5.32 Å². The van der Waals surface area contributed by atoms with Crippen molar-refractivity contribution in [3.8, 4) is 11.3 Å². The maximum absolute atomic E-state index is 13.8. The quantitative estimate of drug-likeness (QED) is 0.432. The predicted octanol–water partition coefficient (Wildman–Crippen LogP) is 3.89. The number of hydrogen-bond acceptors (Lipinski definition) is 6. The highest BCUT2D eigenvalue weighted by Gasteiger charge is 2.22. The van der Waals surface area contributed by atoms with Crippen LogP contribution in [-0.4, -0.2) is 20.0 Å². The van der Waals surface area contributed by atoms with Crippen LogP contribution in [0, 0.1) is 12.7 Å². The molecule has 0 saturated carbocycles. The number of fused-ring (bicyclic) bond motifs is 1. The van der Waals surface area contributed by atoms with Gasteiger partial charge in [0.15, 0.2) is 5.13 Å². The van der Waals surface area contributed by atoms with Gasteiger partial charge in [-0.05, 0) is 19.1 Å². The van der Waals surface area contributed by atoms with Gasteiger partial charge in [-0.15, -0.1) is 11.3 Å². The average molecular weight is 497 g/mol. The lowest BCUT2D eigenvalue weighted by molar-refractivity contribution is -0.115. The standard InChI is InChI=1S/C20H15Cl2FN4O4S/c1-8-9(16-17(29)26(2)20(30)27(3)18(16)31-8)5-15(28)25-19-24-14(7-32-19)10-4-13(23)12(22)6-11(10)21/h4,6-7H,5H2,1-3H3,(H,24,25,28). The first-order chi connectivity index (χ1) is 15.1. The molecule has 1 N–H and O–H groups in total. The zero-order valence-corrected chi connectivity index (χ0v) is 19.3. The zero-order chi connectivity index (χ0) is 23.3. The summed E-state index contributed by atoms with van der Waals surface area (Å²) in [4.78, 5) is 41.7. The van der Waals surface area contributed by atoms with Crippen LogP contribution >= 0.6 is 34.5 Å². The van der Waals surface area contributed by atoms with Gasteiger partial charge < -0.3 is 9.73 Å². The number of nitrogens with zero attached hydrogens (tertiary/aromatic N) is 3. The molecule has 0 atom stereocenters. The molecule has 166 valence electrons. The minimum atomic E-state index is -0.636. The Morgan fingerprint density at radius 1 is 1.22 bits per heavy atom. The van der Waals surface area contributed by atoms with Gasteiger partial charge in [0, 0.05) is 30.6 Å². The van der Waals surface area contributed by atoms with Gasteiger partial charge in [-0.1, -0.05) is 23.2 Å². The van der Waals surface area contributed by atoms with E-state index in [1.165, 1.54) is 30.8 Å². The number of amides is 1. The molecule has 0 fully saturated rings. The highest BCUT2D eigenvalue weighted by atomic mass is 35.5. The molecule has 4 aromatic rings. The van der Waals surface area contributed by atoms with Gasteiger partial charge in [0.2, 0.25) is 11.6 Å². The predicted molar refractivity (Wildman–Crippen MR) is 121 cm³/mol. The number of carbonyl (C=O) groups excluding carboxylic acids is 1. The van der Waals surface area contributed by atoms with Crippen molar-refractivity contribution in [3.63, 3.8) is 0 Å². The Balaban J connectivity index is 1.62. The van der Waals surface area contributed by atoms with Gasteiger partial charge in [0.25, 0.3) is 5.56 Å². The first-order valence-electron chi connectivity index (χ1n) is 9.16. The van der Waals surface area contributed by atoms with Crippen LogP contribution in [0.2, 0.25) is 10.0 Å². The summed E-state index contributed by atoms with van der Waals surface area (Å²) in [5.41, 5.74) is 0.132. The Morgan fingerprint density at radius 3 is 2.66 bits per heavy atom. The number of furan rings is 1. The van der Waals surface area contributed by atoms with Crippen LogP contribution in [0.5, 0.6) is 0 Å². The smallest absolute Gasteiger partial charge is 0.333 e. The Hall–Kier alpha value is -2.95. The molecule has 3 aromatic heterocycles. The summed E-state index contributed by atoms with van der Waals surface area (Å²) in [5, 5.41) is 4.83. The van der Waals surface area contributed by atoms with Gasteiger partial charge in [-0.3, -0.25) is 18.7 Å². The van der Waals surface area contributed by atoms with E-state index in [4.69, 9.17) is 27.6 Å². The molecule has 12 heteroatoms. The van der Waals surface area contributed by atoms with Gasteiger partial charge in [0.05, 0.1) is 22.2 Å². The Morgan fingerprint density at radius 2 is 1.94 bits per heavy atom. The van der Waals surface area contributed by atoms with Gasteiger partial charge >= 0.3 is 5.69 Å². The van der Waals surface area contributed by atoms with Crippen LogP contribution in [0.3, 0.4) is 0 Å². The van der Waals surface area contributed by atoms with Crippen LogP contribution in [0.25, 0.3) is 22.4 Å². The lowest BCUT2D eigenvalue weighted by Gasteiger charge is -2.04. The summed E-state index contributed by atoms with van der Waals surface area (Å²) in [6, 6.07) is 2.46. The molecule has 0 bridgehead atoms. The van der Waals surface area contributed by atoms with Gasteiger partial charge in [-0.2, -0.15) is 0 Å². The van der Waals surface area contributed by atoms with E-state index in [1.54, 1.807) is 12.3 Å². The minimum absolute atomic E-state index is 0.103. The summed E-state index contributed by atoms with van der Waals surface area (Å²) in [7, 11) is 2.84. The highest BCUT2D eigenvalue weighted by Crippen LogP contribution is 2.34. The molecule has 1 amide bonds. The van der Waals surface area contributed by atoms with Crippen molar-refractivity contribution in [1.82, 2.24) is 14.1 Å². The topological polar surface area (TPSA) is 99.1 Å². The molecule has 1 aromatic carbocycles. The summed E-state index contributed by atoms with van der Waals surface area (Å²) >= 11 is 13.0. The van der Waals surface area contributed by atoms with E-state index < -0.39 is 23.0 Å². The number of hydrogen-bond donors (Lipinski definition) is 1. The number of rotatable bonds is 4. The third kappa shape index (κ3) is 3.74. The van der Waals surface area contributed by atoms with E-state index >= 15 is 0 Å². The monoisotopic (exact) mass is 496 g/mol. The molecular formula is C20H15Cl2FN4O4S. The molecule has 0 saturated heterocycles. The number of aromatic nitrogens is 3. The van der Waals surface area contributed by atoms with E-state index in [2.05, 4.69) is 10.3 Å². The number of anilines is 1. The molecule has 4 rings (SSSR count). The number of benzene rings is 1. The molecule has 0 aliphatic heterocycles. The van der Waals surface area contributed by atoms with Crippen LogP contribution in [-0.2, 0) is 25.3 Å². The molecule has 0 aliphatic rings. The fraction of sp³-hybridized carbons (Fsp3) is 0.200. The average Bonchev–Trinajstić information content (AvgIpc) is 3.32. The number of nitrogens with one attached hydrogen (secondary N) is 1. The number of carbonyl (C=O) groups is 1. The van der Waals surface area contributed by atoms with Crippen molar-refractivity contribution in [3.05, 3.63) is 65.5 Å². The lowest BCUT2D eigenvalue weighted by atomic mass is 10.1. The summed E-state index contributed by atoms with van der Waals surface area (Å²) < 4.78 is 21.6. The summed E-state index contributed by atoms with van der Waals surface area (Å²) in [5.74, 6) is -0.722. The van der Waals surface area contributed by atoms with Crippen LogP contribution in [0.4, 0.5) is 9.52 Å². The fourth-order valence-corrected chi connectivity index (χ4v) is 4.50. The molecule has 32 heavy (non-hydrogen) atoms. The number of halogens is 3. The maximum atomic E-state index is 13.8. The first kappa shape index (κ1) is 22.3. The fourth-order valence-electron chi connectivity index (χ4n) is 3.30. The highest BCUT2D eigenvalue weighted by molar-refractivity contribution is 7.14. The van der Waals surface area contributed by atoms with E-state index in [-0.39, 0.29) is 32.7 Å². The molecule has 0 aliphatic carbocycles. The number of thiazole rings is 1. The Labute approximate surface area is 193 Å². The molecule has 8 nitrogen and oxygen atoms in total. The molecule has 0 unspecified atom stereocenters. The maximum Gasteiger partial charge on any atom is 0.333 e. The second-order valence-corrected chi connectivity index (χ2v) is 8.70. The Kier molecular flexibility index (Phi) is 5.70. The van der Waals surface area contributed by atoms with Gasteiger partial charge in [0.1, 0.15) is 17.0 Å². The largest absolute Gasteiger partial charge is 0.444 e. The third-order valence-electron chi connectivity index (χ3n) is 4.96. The van der Waals surface area contributed by atoms with Gasteiger partial charge in [-0.25, -0.2) is 14.2 Å². The second kappa shape index (κ2) is 8.19. The third-order valence-corrected chi connectivity index (χ3v) is 6.32. The van der Waals surface area contributed by atoms with Crippen molar-refractivity contribution in [2.45, 2.75) is 13.3 Å². The van der Waals surface area contributed by atoms with Crippen LogP contribution in [0.1, 0.15) is 11.3 Å². The second-order valence-electron chi connectivity index (χ2n) is 7.03. The van der Waals surface area contributed by atoms with Crippen LogP contribution < -0.4 is 16.6 Å². The number of aryl methyl sites for hydroxylation is 2. The van der Waals surface area contributed by atoms with Crippen LogP contribution in [0.15, 0.2) is 31.5 Å². The molecule has 0 spiro atoms. The molecule has 3 heterocycles. The SMILES string of the molecule is Cc1oc2c(c1CC(=O)Nc1nc(-c3cc(F)c(Cl)cc3Cl)cs1)c(=O)n(C)c(=O)n2C. The van der Waals surface area contributed by atoms with Crippen molar-refractivity contribution < 1.29 is 13.6 Å². The van der Waals surface area contributed by atoms with E-state index in [0.29, 0.717) is 22.6 Å². The summed E-state index contributed by atoms with van der Waals surface area (Å²) in [6.45, 7) is 1.62.